The van der Waals surface area contributed by atoms with E-state index in [0.717, 1.165) is 16.7 Å². The molecule has 2 aromatic rings. The van der Waals surface area contributed by atoms with Crippen LogP contribution in [0.1, 0.15) is 39.2 Å². The minimum absolute atomic E-state index is 0.212. The Labute approximate surface area is 324 Å². The number of thioether (sulfide) groups is 1. The quantitative estimate of drug-likeness (QED) is 0.135. The topological polar surface area (TPSA) is 312 Å². The number of aliphatic hydroxyl groups is 5. The maximum atomic E-state index is 14.3. The van der Waals surface area contributed by atoms with E-state index in [1.165, 1.54) is 20.8 Å². The molecule has 1 fully saturated rings. The molecule has 3 aliphatic rings. The first-order valence-corrected chi connectivity index (χ1v) is 19.1. The van der Waals surface area contributed by atoms with Crippen LogP contribution >= 0.6 is 11.8 Å². The van der Waals surface area contributed by atoms with Crippen molar-refractivity contribution in [2.24, 2.45) is 0 Å². The van der Waals surface area contributed by atoms with Crippen molar-refractivity contribution in [1.29, 1.82) is 0 Å². The summed E-state index contributed by atoms with van der Waals surface area (Å²) < 4.78 is 0. The van der Waals surface area contributed by atoms with E-state index in [0.29, 0.717) is 21.5 Å². The molecule has 7 amide bonds. The second kappa shape index (κ2) is 17.6. The smallest absolute Gasteiger partial charge is 0.246 e. The van der Waals surface area contributed by atoms with Gasteiger partial charge in [0.25, 0.3) is 0 Å². The summed E-state index contributed by atoms with van der Waals surface area (Å²) in [4.78, 5) is 101. The van der Waals surface area contributed by atoms with Crippen molar-refractivity contribution in [1.82, 2.24) is 41.8 Å². The fraction of sp³-hybridized carbons (Fsp3) is 0.571. The van der Waals surface area contributed by atoms with Crippen LogP contribution in [0.15, 0.2) is 29.3 Å². The Morgan fingerprint density at radius 2 is 1.48 bits per heavy atom. The second-order valence-electron chi connectivity index (χ2n) is 14.6. The van der Waals surface area contributed by atoms with Crippen molar-refractivity contribution in [3.63, 3.8) is 0 Å². The first kappa shape index (κ1) is 42.3. The van der Waals surface area contributed by atoms with Gasteiger partial charge in [0.1, 0.15) is 48.4 Å². The van der Waals surface area contributed by atoms with Crippen molar-refractivity contribution < 1.29 is 59.1 Å². The highest BCUT2D eigenvalue weighted by atomic mass is 32.2. The molecule has 10 atom stereocenters. The predicted molar refractivity (Wildman–Crippen MR) is 197 cm³/mol. The van der Waals surface area contributed by atoms with Gasteiger partial charge in [-0.25, -0.2) is 0 Å². The summed E-state index contributed by atoms with van der Waals surface area (Å²) in [5, 5.41) is 67.6. The minimum atomic E-state index is -1.92. The zero-order valence-electron chi connectivity index (χ0n) is 30.9. The molecule has 20 nitrogen and oxygen atoms in total. The van der Waals surface area contributed by atoms with Gasteiger partial charge in [0.05, 0.1) is 29.9 Å². The number of hydrogen-bond donors (Lipinski definition) is 12. The maximum Gasteiger partial charge on any atom is 0.246 e. The standard InChI is InChI=1S/C35H48N8O12S/c1-15-27(48)38-21-9-19-18-6-4-5-7-20(18)41-33(19)56-13-23(34(54)43-11-17(46)8-24(43)31(52)37-15)40-32(53)26(25(47)12-44)42-28(49)16(2)36-30(51)22(39-29(21)50)10-35(3,55)14-45/h4-7,15-17,21-26,41,44-47,55H,8-14H2,1-3H3,(H,36,51)(H,37,52)(H,38,48)(H,39,50)(H,40,53)(H,42,49)/t15-,16-,17+,21-,22-,23-,24-,25-,26+,35+/m0/s1. The number of aromatic nitrogens is 1. The summed E-state index contributed by atoms with van der Waals surface area (Å²) in [6.45, 7) is 1.62. The lowest BCUT2D eigenvalue weighted by Gasteiger charge is -2.31. The van der Waals surface area contributed by atoms with Crippen LogP contribution < -0.4 is 31.9 Å². The molecule has 3 aliphatic heterocycles. The van der Waals surface area contributed by atoms with Crippen LogP contribution in [0.4, 0.5) is 0 Å². The van der Waals surface area contributed by atoms with Gasteiger partial charge >= 0.3 is 0 Å². The van der Waals surface area contributed by atoms with Crippen molar-refractivity contribution in [3.05, 3.63) is 29.8 Å². The molecule has 0 unspecified atom stereocenters. The zero-order chi connectivity index (χ0) is 41.1. The van der Waals surface area contributed by atoms with Gasteiger partial charge < -0.3 is 67.3 Å². The highest BCUT2D eigenvalue weighted by molar-refractivity contribution is 7.99. The van der Waals surface area contributed by atoms with Gasteiger partial charge in [-0.2, -0.15) is 0 Å². The van der Waals surface area contributed by atoms with E-state index in [9.17, 15) is 59.1 Å². The average Bonchev–Trinajstić information content (AvgIpc) is 3.72. The van der Waals surface area contributed by atoms with Crippen molar-refractivity contribution in [2.45, 2.75) is 105 Å². The molecule has 5 rings (SSSR count). The predicted octanol–water partition coefficient (Wildman–Crippen LogP) is -4.77. The molecule has 4 heterocycles. The molecule has 0 spiro atoms. The third kappa shape index (κ3) is 9.59. The summed E-state index contributed by atoms with van der Waals surface area (Å²) in [6.07, 6.45) is -4.05. The van der Waals surface area contributed by atoms with Crippen LogP contribution in [-0.2, 0) is 40.0 Å². The number of H-pyrrole nitrogens is 1. The Morgan fingerprint density at radius 3 is 2.16 bits per heavy atom. The number of benzene rings is 1. The van der Waals surface area contributed by atoms with Crippen molar-refractivity contribution in [3.8, 4) is 0 Å². The van der Waals surface area contributed by atoms with Gasteiger partial charge in [-0.15, -0.1) is 11.8 Å². The molecule has 1 aromatic carbocycles. The number of amides is 7. The van der Waals surface area contributed by atoms with Gasteiger partial charge in [0.2, 0.25) is 41.4 Å². The lowest BCUT2D eigenvalue weighted by atomic mass is 9.96. The Balaban J connectivity index is 1.69. The third-order valence-corrected chi connectivity index (χ3v) is 11.1. The van der Waals surface area contributed by atoms with Crippen molar-refractivity contribution in [2.75, 3.05) is 25.5 Å². The maximum absolute atomic E-state index is 14.3. The van der Waals surface area contributed by atoms with Crippen LogP contribution in [0.5, 0.6) is 0 Å². The van der Waals surface area contributed by atoms with Gasteiger partial charge in [0.15, 0.2) is 0 Å². The Hall–Kier alpha value is -4.80. The summed E-state index contributed by atoms with van der Waals surface area (Å²) in [5.74, 6) is -6.74. The lowest BCUT2D eigenvalue weighted by molar-refractivity contribution is -0.142. The molecule has 0 radical (unpaired) electrons. The highest BCUT2D eigenvalue weighted by Gasteiger charge is 2.44. The fourth-order valence-electron chi connectivity index (χ4n) is 6.78. The molecule has 21 heteroatoms. The van der Waals surface area contributed by atoms with E-state index in [4.69, 9.17) is 0 Å². The van der Waals surface area contributed by atoms with E-state index in [1.54, 1.807) is 24.3 Å². The van der Waals surface area contributed by atoms with Gasteiger partial charge in [0, 0.05) is 42.5 Å². The SMILES string of the molecule is C[C@@H]1NC(=O)[C@H](C[C@@](C)(O)CO)NC(=O)[C@@H]2Cc3c([nH]c4ccccc34)SC[C@H](NC(=O)[C@@H]([C@@H](O)CO)NC1=O)C(=O)N1C[C@H](O)C[C@H]1C(=O)N[C@@H](C)C(=O)N2. The van der Waals surface area contributed by atoms with Gasteiger partial charge in [-0.3, -0.25) is 33.6 Å². The number of nitrogens with one attached hydrogen (secondary N) is 7. The number of carbonyl (C=O) groups excluding carboxylic acids is 7. The highest BCUT2D eigenvalue weighted by Crippen LogP contribution is 2.32. The van der Waals surface area contributed by atoms with Crippen LogP contribution in [0.3, 0.4) is 0 Å². The number of fused-ring (bicyclic) bond motifs is 5. The molecular weight excluding hydrogens is 756 g/mol. The number of nitrogens with zero attached hydrogens (tertiary/aromatic N) is 1. The number of rotatable bonds is 5. The van der Waals surface area contributed by atoms with Crippen molar-refractivity contribution >= 4 is 64.0 Å². The van der Waals surface area contributed by atoms with Crippen LogP contribution in [0.25, 0.3) is 10.9 Å². The Kier molecular flexibility index (Phi) is 13.3. The molecule has 2 bridgehead atoms. The molecule has 1 aromatic heterocycles. The minimum Gasteiger partial charge on any atom is -0.394 e. The molecule has 56 heavy (non-hydrogen) atoms. The lowest BCUT2D eigenvalue weighted by Crippen LogP contribution is -2.62. The number of aliphatic hydroxyl groups excluding tert-OH is 4. The molecule has 306 valence electrons. The zero-order valence-corrected chi connectivity index (χ0v) is 31.7. The van der Waals surface area contributed by atoms with Crippen LogP contribution in [-0.4, -0.2) is 162 Å². The normalized spacial score (nSPS) is 30.4. The fourth-order valence-corrected chi connectivity index (χ4v) is 7.89. The molecule has 12 N–H and O–H groups in total. The number of aromatic amines is 1. The molecular formula is C35H48N8O12S. The molecule has 0 saturated carbocycles. The summed E-state index contributed by atoms with van der Waals surface area (Å²) in [7, 11) is 0. The average molecular weight is 805 g/mol. The van der Waals surface area contributed by atoms with E-state index in [2.05, 4.69) is 36.9 Å². The van der Waals surface area contributed by atoms with E-state index >= 15 is 0 Å². The van der Waals surface area contributed by atoms with Crippen LogP contribution in [0.2, 0.25) is 0 Å². The van der Waals surface area contributed by atoms with E-state index < -0.39 is 121 Å². The number of para-hydroxylation sites is 1. The summed E-state index contributed by atoms with van der Waals surface area (Å²) >= 11 is 1.04. The van der Waals surface area contributed by atoms with Gasteiger partial charge in [-0.05, 0) is 32.4 Å². The number of hydrogen-bond acceptors (Lipinski definition) is 13. The Bertz CT molecular complexity index is 1860. The largest absolute Gasteiger partial charge is 0.394 e. The first-order chi connectivity index (χ1) is 26.4. The Morgan fingerprint density at radius 1 is 0.839 bits per heavy atom. The molecule has 0 aliphatic carbocycles. The summed E-state index contributed by atoms with van der Waals surface area (Å²) in [6, 6.07) is -3.46. The van der Waals surface area contributed by atoms with E-state index in [-0.39, 0.29) is 25.1 Å². The molecule has 1 saturated heterocycles. The van der Waals surface area contributed by atoms with E-state index in [1.807, 2.05) is 0 Å². The first-order valence-electron chi connectivity index (χ1n) is 18.1. The second-order valence-corrected chi connectivity index (χ2v) is 15.7. The van der Waals surface area contributed by atoms with Crippen LogP contribution in [0, 0.1) is 0 Å². The monoisotopic (exact) mass is 804 g/mol. The third-order valence-electron chi connectivity index (χ3n) is 9.96. The number of carbonyl (C=O) groups is 7. The van der Waals surface area contributed by atoms with Gasteiger partial charge in [-0.1, -0.05) is 18.2 Å². The summed E-state index contributed by atoms with van der Waals surface area (Å²) in [5.41, 5.74) is -0.827.